The number of amides is 1. The van der Waals surface area contributed by atoms with Gasteiger partial charge in [-0.3, -0.25) is 14.5 Å². The molecule has 1 amide bonds. The van der Waals surface area contributed by atoms with Gasteiger partial charge in [0, 0.05) is 50.4 Å². The van der Waals surface area contributed by atoms with Gasteiger partial charge >= 0.3 is 0 Å². The van der Waals surface area contributed by atoms with E-state index in [4.69, 9.17) is 10.5 Å². The highest BCUT2D eigenvalue weighted by Gasteiger charge is 2.61. The smallest absolute Gasteiger partial charge is 0.258 e. The fourth-order valence-corrected chi connectivity index (χ4v) is 10.7. The lowest BCUT2D eigenvalue weighted by atomic mass is 9.64. The maximum Gasteiger partial charge on any atom is 0.258 e. The number of nitrogens with zero attached hydrogens (tertiary/aromatic N) is 4. The van der Waals surface area contributed by atoms with Crippen molar-refractivity contribution in [3.8, 4) is 0 Å². The first kappa shape index (κ1) is 28.0. The summed E-state index contributed by atoms with van der Waals surface area (Å²) >= 11 is 0. The number of rotatable bonds is 3. The highest BCUT2D eigenvalue weighted by atomic mass is 19.1. The molecule has 8 rings (SSSR count). The van der Waals surface area contributed by atoms with Gasteiger partial charge in [-0.05, 0) is 76.3 Å². The standard InChI is InChI=1S/C33H50FN5O3/c34-26-17-24-29-32(30(26)38-12-7-22(35)18-38)42-28-16-21-6-2-1-5-20(21)15-27(28)39(29)19-25(31(24)40)33(41)37-13-8-23(9-14-37)36-10-3-4-11-36/h19-24,26-30,32H,1-18,35H2. The molecule has 0 spiro atoms. The molecule has 0 aromatic carbocycles. The summed E-state index contributed by atoms with van der Waals surface area (Å²) < 4.78 is 23.3. The number of hydrogen-bond acceptors (Lipinski definition) is 7. The van der Waals surface area contributed by atoms with Crippen LogP contribution < -0.4 is 5.73 Å². The molecule has 0 bridgehead atoms. The van der Waals surface area contributed by atoms with E-state index < -0.39 is 12.1 Å². The molecule has 3 aliphatic carbocycles. The third kappa shape index (κ3) is 4.67. The topological polar surface area (TPSA) is 82.3 Å². The number of ether oxygens (including phenoxy) is 1. The van der Waals surface area contributed by atoms with Crippen LogP contribution in [-0.4, -0.2) is 119 Å². The van der Waals surface area contributed by atoms with Gasteiger partial charge in [0.15, 0.2) is 5.78 Å². The number of piperidine rings is 1. The molecule has 10 unspecified atom stereocenters. The van der Waals surface area contributed by atoms with Crippen LogP contribution in [0.5, 0.6) is 0 Å². The number of fused-ring (bicyclic) bond motifs is 3. The monoisotopic (exact) mass is 583 g/mol. The summed E-state index contributed by atoms with van der Waals surface area (Å²) in [7, 11) is 0. The predicted octanol–water partition coefficient (Wildman–Crippen LogP) is 2.71. The van der Waals surface area contributed by atoms with Crippen LogP contribution in [0.3, 0.4) is 0 Å². The number of carbonyl (C=O) groups excluding carboxylic acids is 2. The summed E-state index contributed by atoms with van der Waals surface area (Å²) in [6.07, 6.45) is 13.1. The summed E-state index contributed by atoms with van der Waals surface area (Å²) in [4.78, 5) is 37.3. The van der Waals surface area contributed by atoms with E-state index in [0.29, 0.717) is 43.1 Å². The van der Waals surface area contributed by atoms with Crippen molar-refractivity contribution < 1.29 is 18.7 Å². The van der Waals surface area contributed by atoms with E-state index in [9.17, 15) is 9.59 Å². The van der Waals surface area contributed by atoms with Gasteiger partial charge in [0.2, 0.25) is 0 Å². The highest BCUT2D eigenvalue weighted by molar-refractivity contribution is 6.20. The number of carbonyl (C=O) groups is 2. The maximum absolute atomic E-state index is 16.3. The number of alkyl halides is 1. The number of Topliss-reactive ketones (excluding diaryl/α,β-unsaturated/α-hetero) is 1. The third-order valence-corrected chi connectivity index (χ3v) is 12.8. The van der Waals surface area contributed by atoms with Gasteiger partial charge in [0.05, 0.1) is 35.9 Å². The highest BCUT2D eigenvalue weighted by Crippen LogP contribution is 2.51. The second-order valence-electron chi connectivity index (χ2n) is 15.0. The van der Waals surface area contributed by atoms with E-state index in [-0.39, 0.29) is 54.5 Å². The molecule has 0 radical (unpaired) electrons. The molecule has 4 saturated heterocycles. The summed E-state index contributed by atoms with van der Waals surface area (Å²) in [5, 5.41) is 0. The molecule has 3 saturated carbocycles. The van der Waals surface area contributed by atoms with Gasteiger partial charge in [-0.15, -0.1) is 0 Å². The Balaban J connectivity index is 1.09. The molecular weight excluding hydrogens is 533 g/mol. The Labute approximate surface area is 250 Å². The van der Waals surface area contributed by atoms with Crippen molar-refractivity contribution in [2.24, 2.45) is 23.5 Å². The Morgan fingerprint density at radius 1 is 0.857 bits per heavy atom. The van der Waals surface area contributed by atoms with Crippen molar-refractivity contribution in [2.45, 2.75) is 126 Å². The maximum atomic E-state index is 16.3. The van der Waals surface area contributed by atoms with Crippen molar-refractivity contribution in [3.05, 3.63) is 11.8 Å². The molecule has 5 aliphatic heterocycles. The lowest BCUT2D eigenvalue weighted by molar-refractivity contribution is -0.219. The van der Waals surface area contributed by atoms with Gasteiger partial charge in [0.1, 0.15) is 6.17 Å². The van der Waals surface area contributed by atoms with Crippen LogP contribution in [-0.2, 0) is 14.3 Å². The van der Waals surface area contributed by atoms with Crippen molar-refractivity contribution >= 4 is 11.7 Å². The van der Waals surface area contributed by atoms with Crippen LogP contribution in [0.1, 0.15) is 77.0 Å². The van der Waals surface area contributed by atoms with Crippen LogP contribution in [0, 0.1) is 17.8 Å². The van der Waals surface area contributed by atoms with Gasteiger partial charge in [-0.2, -0.15) is 0 Å². The minimum Gasteiger partial charge on any atom is -0.369 e. The fraction of sp³-hybridized carbons (Fsp3) is 0.879. The van der Waals surface area contributed by atoms with Crippen LogP contribution in [0.15, 0.2) is 11.8 Å². The Hall–Kier alpha value is -1.55. The van der Waals surface area contributed by atoms with Crippen LogP contribution in [0.25, 0.3) is 0 Å². The van der Waals surface area contributed by atoms with Gasteiger partial charge in [-0.1, -0.05) is 25.7 Å². The largest absolute Gasteiger partial charge is 0.369 e. The van der Waals surface area contributed by atoms with E-state index in [2.05, 4.69) is 14.7 Å². The van der Waals surface area contributed by atoms with Crippen molar-refractivity contribution in [3.63, 3.8) is 0 Å². The van der Waals surface area contributed by atoms with Gasteiger partial charge in [0.25, 0.3) is 5.91 Å². The number of morpholine rings is 1. The molecule has 8 aliphatic rings. The zero-order chi connectivity index (χ0) is 28.5. The quantitative estimate of drug-likeness (QED) is 0.512. The Morgan fingerprint density at radius 3 is 2.31 bits per heavy atom. The average molecular weight is 584 g/mol. The minimum absolute atomic E-state index is 0.0207. The molecule has 42 heavy (non-hydrogen) atoms. The summed E-state index contributed by atoms with van der Waals surface area (Å²) in [5.74, 6) is 0.531. The van der Waals surface area contributed by atoms with E-state index in [0.717, 1.165) is 38.6 Å². The molecule has 7 fully saturated rings. The van der Waals surface area contributed by atoms with Crippen molar-refractivity contribution in [2.75, 3.05) is 39.3 Å². The molecule has 5 heterocycles. The molecule has 8 nitrogen and oxygen atoms in total. The Morgan fingerprint density at radius 2 is 1.60 bits per heavy atom. The normalized spacial score (nSPS) is 44.9. The van der Waals surface area contributed by atoms with Crippen molar-refractivity contribution in [1.82, 2.24) is 19.6 Å². The zero-order valence-electron chi connectivity index (χ0n) is 25.1. The van der Waals surface area contributed by atoms with E-state index in [1.54, 1.807) is 0 Å². The molecule has 0 aromatic rings. The predicted molar refractivity (Wildman–Crippen MR) is 157 cm³/mol. The number of nitrogens with two attached hydrogens (primary N) is 1. The summed E-state index contributed by atoms with van der Waals surface area (Å²) in [6, 6.07) is 0.180. The zero-order valence-corrected chi connectivity index (χ0v) is 25.1. The number of ketones is 1. The van der Waals surface area contributed by atoms with Crippen LogP contribution in [0.4, 0.5) is 4.39 Å². The first-order valence-corrected chi connectivity index (χ1v) is 17.3. The van der Waals surface area contributed by atoms with E-state index in [1.165, 1.54) is 51.6 Å². The SMILES string of the molecule is NC1CCN(C2C(F)CC3C(=O)C(C(=O)N4CCC(N5CCCC5)CC4)=CN4C5CC6CCCCC6CC5OC2C34)C1. The lowest BCUT2D eigenvalue weighted by Crippen LogP contribution is -2.73. The number of hydrogen-bond donors (Lipinski definition) is 1. The lowest BCUT2D eigenvalue weighted by Gasteiger charge is -2.61. The fourth-order valence-electron chi connectivity index (χ4n) is 10.7. The molecule has 9 heteroatoms. The number of halogens is 1. The molecule has 0 aromatic heterocycles. The molecular formula is C33H50FN5O3. The second-order valence-corrected chi connectivity index (χ2v) is 15.0. The first-order valence-electron chi connectivity index (χ1n) is 17.3. The Bertz CT molecular complexity index is 1090. The minimum atomic E-state index is -1.17. The number of likely N-dealkylation sites (tertiary alicyclic amines) is 3. The van der Waals surface area contributed by atoms with E-state index in [1.807, 2.05) is 11.1 Å². The van der Waals surface area contributed by atoms with Gasteiger partial charge < -0.3 is 25.2 Å². The molecule has 232 valence electrons. The van der Waals surface area contributed by atoms with Gasteiger partial charge in [-0.25, -0.2) is 4.39 Å². The van der Waals surface area contributed by atoms with E-state index >= 15 is 4.39 Å². The van der Waals surface area contributed by atoms with Crippen molar-refractivity contribution in [1.29, 1.82) is 0 Å². The second kappa shape index (κ2) is 11.1. The first-order chi connectivity index (χ1) is 20.5. The molecule has 10 atom stereocenters. The van der Waals surface area contributed by atoms with Crippen LogP contribution >= 0.6 is 0 Å². The third-order valence-electron chi connectivity index (χ3n) is 12.8. The summed E-state index contributed by atoms with van der Waals surface area (Å²) in [6.45, 7) is 5.20. The summed E-state index contributed by atoms with van der Waals surface area (Å²) in [5.41, 5.74) is 6.58. The Kier molecular flexibility index (Phi) is 7.40. The molecule has 2 N–H and O–H groups in total. The average Bonchev–Trinajstić information content (AvgIpc) is 3.70. The van der Waals surface area contributed by atoms with Crippen LogP contribution in [0.2, 0.25) is 0 Å².